The van der Waals surface area contributed by atoms with E-state index in [1.54, 1.807) is 11.0 Å². The normalized spacial score (nSPS) is 19.9. The van der Waals surface area contributed by atoms with E-state index in [-0.39, 0.29) is 11.7 Å². The van der Waals surface area contributed by atoms with E-state index in [0.29, 0.717) is 17.3 Å². The Hall–Kier alpha value is -2.29. The molecule has 0 atom stereocenters. The van der Waals surface area contributed by atoms with Crippen molar-refractivity contribution in [3.8, 4) is 0 Å². The summed E-state index contributed by atoms with van der Waals surface area (Å²) in [6, 6.07) is 10.4. The third-order valence-electron chi connectivity index (χ3n) is 7.39. The van der Waals surface area contributed by atoms with E-state index >= 15 is 0 Å². The van der Waals surface area contributed by atoms with Crippen molar-refractivity contribution in [1.82, 2.24) is 14.5 Å². The molecule has 0 N–H and O–H groups in total. The van der Waals surface area contributed by atoms with Crippen LogP contribution in [0.4, 0.5) is 10.1 Å². The number of rotatable bonds is 6. The minimum atomic E-state index is -0.682. The Kier molecular flexibility index (Phi) is 5.50. The van der Waals surface area contributed by atoms with E-state index in [2.05, 4.69) is 9.47 Å². The largest absolute Gasteiger partial charge is 0.326 e. The van der Waals surface area contributed by atoms with Gasteiger partial charge < -0.3 is 14.4 Å². The van der Waals surface area contributed by atoms with Gasteiger partial charge in [0.2, 0.25) is 5.91 Å². The highest BCUT2D eigenvalue weighted by Crippen LogP contribution is 2.57. The van der Waals surface area contributed by atoms with Gasteiger partial charge in [-0.2, -0.15) is 0 Å². The average Bonchev–Trinajstić information content (AvgIpc) is 3.51. The summed E-state index contributed by atoms with van der Waals surface area (Å²) in [5.41, 5.74) is 2.90. The quantitative estimate of drug-likeness (QED) is 0.515. The van der Waals surface area contributed by atoms with Gasteiger partial charge in [0, 0.05) is 47.0 Å². The maximum absolute atomic E-state index is 14.1. The van der Waals surface area contributed by atoms with Gasteiger partial charge in [-0.05, 0) is 61.7 Å². The lowest BCUT2D eigenvalue weighted by Crippen LogP contribution is -2.38. The fourth-order valence-electron chi connectivity index (χ4n) is 5.40. The Bertz CT molecular complexity index is 1310. The summed E-state index contributed by atoms with van der Waals surface area (Å²) in [5, 5.41) is 0.617. The molecule has 1 aromatic heterocycles. The molecule has 1 spiro atoms. The van der Waals surface area contributed by atoms with E-state index in [4.69, 9.17) is 16.6 Å². The average molecular weight is 501 g/mol. The third-order valence-corrected chi connectivity index (χ3v) is 8.90. The van der Waals surface area contributed by atoms with Crippen molar-refractivity contribution in [2.24, 2.45) is 0 Å². The summed E-state index contributed by atoms with van der Waals surface area (Å²) >= 11 is 6.23. The van der Waals surface area contributed by atoms with E-state index in [1.165, 1.54) is 12.1 Å². The van der Waals surface area contributed by atoms with E-state index < -0.39 is 16.2 Å². The Morgan fingerprint density at radius 2 is 1.88 bits per heavy atom. The standard InChI is InChI=1S/C25H26ClFN4O2S/c26-17-2-5-21-20(14-17)28-23(30(21)9-1-8-29-10-12-34(33)13-11-29)16-31-22-15-18(27)3-4-19(22)25(6-7-25)24(31)32/h2-5,14-15H,1,6-13,16H2. The number of carbonyl (C=O) groups is 1. The van der Waals surface area contributed by atoms with Crippen LogP contribution in [0.25, 0.3) is 11.0 Å². The van der Waals surface area contributed by atoms with Gasteiger partial charge in [0.15, 0.2) is 0 Å². The first-order valence-electron chi connectivity index (χ1n) is 11.8. The zero-order valence-corrected chi connectivity index (χ0v) is 20.4. The molecule has 0 radical (unpaired) electrons. The fourth-order valence-corrected chi connectivity index (χ4v) is 6.69. The Morgan fingerprint density at radius 1 is 1.09 bits per heavy atom. The third kappa shape index (κ3) is 3.76. The van der Waals surface area contributed by atoms with Crippen molar-refractivity contribution < 1.29 is 13.4 Å². The van der Waals surface area contributed by atoms with Gasteiger partial charge in [-0.3, -0.25) is 9.00 Å². The lowest BCUT2D eigenvalue weighted by atomic mass is 9.98. The SMILES string of the molecule is O=C1N(Cc2nc3cc(Cl)ccc3n2CCCN2CCS(=O)CC2)c2cc(F)ccc2C12CC2. The molecule has 3 heterocycles. The second-order valence-corrected chi connectivity index (χ2v) is 11.6. The van der Waals surface area contributed by atoms with E-state index in [0.717, 1.165) is 79.4 Å². The second kappa shape index (κ2) is 8.43. The molecular formula is C25H26ClFN4O2S. The minimum Gasteiger partial charge on any atom is -0.326 e. The van der Waals surface area contributed by atoms with Gasteiger partial charge >= 0.3 is 0 Å². The molecular weight excluding hydrogens is 475 g/mol. The number of nitrogens with zero attached hydrogens (tertiary/aromatic N) is 4. The first kappa shape index (κ1) is 22.2. The smallest absolute Gasteiger partial charge is 0.238 e. The molecule has 6 nitrogen and oxygen atoms in total. The van der Waals surface area contributed by atoms with Crippen molar-refractivity contribution in [3.63, 3.8) is 0 Å². The number of hydrogen-bond acceptors (Lipinski definition) is 4. The maximum atomic E-state index is 14.1. The predicted octanol–water partition coefficient (Wildman–Crippen LogP) is 3.86. The highest BCUT2D eigenvalue weighted by Gasteiger charge is 2.59. The number of aryl methyl sites for hydroxylation is 1. The molecule has 1 amide bonds. The number of aromatic nitrogens is 2. The zero-order chi connectivity index (χ0) is 23.4. The first-order chi connectivity index (χ1) is 16.4. The molecule has 2 aromatic carbocycles. The van der Waals surface area contributed by atoms with Crippen molar-refractivity contribution in [1.29, 1.82) is 0 Å². The van der Waals surface area contributed by atoms with Crippen LogP contribution in [0.3, 0.4) is 0 Å². The molecule has 2 aliphatic heterocycles. The fraction of sp³-hybridized carbons (Fsp3) is 0.440. The molecule has 3 aliphatic rings. The molecule has 0 bridgehead atoms. The maximum Gasteiger partial charge on any atom is 0.238 e. The number of carbonyl (C=O) groups excluding carboxylic acids is 1. The summed E-state index contributed by atoms with van der Waals surface area (Å²) in [6.45, 7) is 3.70. The summed E-state index contributed by atoms with van der Waals surface area (Å²) in [7, 11) is -0.682. The van der Waals surface area contributed by atoms with Crippen molar-refractivity contribution in [3.05, 3.63) is 58.6 Å². The lowest BCUT2D eigenvalue weighted by Gasteiger charge is -2.26. The number of fused-ring (bicyclic) bond motifs is 3. The minimum absolute atomic E-state index is 0.0473. The zero-order valence-electron chi connectivity index (χ0n) is 18.8. The van der Waals surface area contributed by atoms with Gasteiger partial charge in [0.25, 0.3) is 0 Å². The van der Waals surface area contributed by atoms with Gasteiger partial charge in [-0.25, -0.2) is 9.37 Å². The Balaban J connectivity index is 1.29. The summed E-state index contributed by atoms with van der Waals surface area (Å²) in [6.07, 6.45) is 2.54. The molecule has 1 aliphatic carbocycles. The lowest BCUT2D eigenvalue weighted by molar-refractivity contribution is -0.120. The van der Waals surface area contributed by atoms with Gasteiger partial charge in [0.05, 0.1) is 28.7 Å². The number of imidazole rings is 1. The summed E-state index contributed by atoms with van der Waals surface area (Å²) < 4.78 is 27.9. The van der Waals surface area contributed by atoms with E-state index in [9.17, 15) is 13.4 Å². The predicted molar refractivity (Wildman–Crippen MR) is 132 cm³/mol. The van der Waals surface area contributed by atoms with Crippen molar-refractivity contribution in [2.45, 2.75) is 37.8 Å². The number of halogens is 2. The molecule has 178 valence electrons. The topological polar surface area (TPSA) is 58.4 Å². The molecule has 1 saturated heterocycles. The van der Waals surface area contributed by atoms with Gasteiger partial charge in [0.1, 0.15) is 11.6 Å². The van der Waals surface area contributed by atoms with E-state index in [1.807, 2.05) is 18.2 Å². The van der Waals surface area contributed by atoms with Gasteiger partial charge in [-0.1, -0.05) is 17.7 Å². The number of hydrogen-bond donors (Lipinski definition) is 0. The first-order valence-corrected chi connectivity index (χ1v) is 13.7. The van der Waals surface area contributed by atoms with Crippen LogP contribution >= 0.6 is 11.6 Å². The highest BCUT2D eigenvalue weighted by atomic mass is 35.5. The number of amides is 1. The molecule has 1 saturated carbocycles. The number of anilines is 1. The highest BCUT2D eigenvalue weighted by molar-refractivity contribution is 7.85. The Labute approximate surface area is 205 Å². The second-order valence-electron chi connectivity index (χ2n) is 9.49. The Morgan fingerprint density at radius 3 is 2.65 bits per heavy atom. The molecule has 0 unspecified atom stereocenters. The molecule has 3 aromatic rings. The summed E-state index contributed by atoms with van der Waals surface area (Å²) in [4.78, 5) is 22.3. The van der Waals surface area contributed by atoms with Crippen LogP contribution in [0.15, 0.2) is 36.4 Å². The van der Waals surface area contributed by atoms with Crippen LogP contribution in [0.5, 0.6) is 0 Å². The van der Waals surface area contributed by atoms with Crippen LogP contribution in [-0.2, 0) is 34.1 Å². The number of benzene rings is 2. The van der Waals surface area contributed by atoms with Gasteiger partial charge in [-0.15, -0.1) is 0 Å². The molecule has 6 rings (SSSR count). The van der Waals surface area contributed by atoms with Crippen LogP contribution in [0.2, 0.25) is 5.02 Å². The van der Waals surface area contributed by atoms with Crippen LogP contribution in [0, 0.1) is 5.82 Å². The van der Waals surface area contributed by atoms with Crippen molar-refractivity contribution >= 4 is 45.0 Å². The van der Waals surface area contributed by atoms with Crippen LogP contribution in [-0.4, -0.2) is 55.7 Å². The molecule has 2 fully saturated rings. The van der Waals surface area contributed by atoms with Crippen LogP contribution in [0.1, 0.15) is 30.7 Å². The summed E-state index contributed by atoms with van der Waals surface area (Å²) in [5.74, 6) is 1.97. The monoisotopic (exact) mass is 500 g/mol. The van der Waals surface area contributed by atoms with Crippen LogP contribution < -0.4 is 4.90 Å². The molecule has 34 heavy (non-hydrogen) atoms. The van der Waals surface area contributed by atoms with Crippen molar-refractivity contribution in [2.75, 3.05) is 36.0 Å². The molecule has 9 heteroatoms.